The van der Waals surface area contributed by atoms with Crippen molar-refractivity contribution in [3.63, 3.8) is 0 Å². The van der Waals surface area contributed by atoms with E-state index in [9.17, 15) is 22.4 Å². The minimum Gasteiger partial charge on any atom is -0.287 e. The van der Waals surface area contributed by atoms with Crippen LogP contribution >= 0.6 is 15.9 Å². The van der Waals surface area contributed by atoms with Gasteiger partial charge in [-0.1, -0.05) is 11.3 Å². The average molecular weight is 352 g/mol. The van der Waals surface area contributed by atoms with Gasteiger partial charge in [0, 0.05) is 7.05 Å². The Bertz CT molecular complexity index is 661. The second-order valence-corrected chi connectivity index (χ2v) is 4.60. The van der Waals surface area contributed by atoms with Crippen molar-refractivity contribution in [2.24, 2.45) is 7.05 Å². The molecule has 0 unspecified atom stereocenters. The molecule has 1 aromatic heterocycles. The zero-order valence-electron chi connectivity index (χ0n) is 9.87. The van der Waals surface area contributed by atoms with Crippen LogP contribution in [0.15, 0.2) is 22.8 Å². The number of aryl methyl sites for hydroxylation is 1. The average Bonchev–Trinajstić information content (AvgIpc) is 2.67. The first-order valence-electron chi connectivity index (χ1n) is 5.19. The van der Waals surface area contributed by atoms with Crippen molar-refractivity contribution in [2.45, 2.75) is 6.18 Å². The molecule has 0 aliphatic rings. The summed E-state index contributed by atoms with van der Waals surface area (Å²) in [6, 6.07) is 2.52. The lowest BCUT2D eigenvalue weighted by Gasteiger charge is -2.10. The first-order valence-corrected chi connectivity index (χ1v) is 5.98. The number of hydrogen-bond acceptors (Lipinski definition) is 3. The fourth-order valence-corrected chi connectivity index (χ4v) is 2.13. The summed E-state index contributed by atoms with van der Waals surface area (Å²) in [6.45, 7) is 0. The van der Waals surface area contributed by atoms with Crippen LogP contribution in [0.2, 0.25) is 0 Å². The van der Waals surface area contributed by atoms with Crippen LogP contribution in [0, 0.1) is 5.82 Å². The van der Waals surface area contributed by atoms with Crippen molar-refractivity contribution in [1.82, 2.24) is 15.0 Å². The molecule has 0 N–H and O–H groups in total. The van der Waals surface area contributed by atoms with E-state index in [1.807, 2.05) is 0 Å². The van der Waals surface area contributed by atoms with Crippen molar-refractivity contribution in [2.75, 3.05) is 0 Å². The summed E-state index contributed by atoms with van der Waals surface area (Å²) in [5.41, 5.74) is -2.32. The zero-order chi connectivity index (χ0) is 15.1. The normalized spacial score (nSPS) is 11.7. The Balaban J connectivity index is 2.58. The van der Waals surface area contributed by atoms with Crippen molar-refractivity contribution >= 4 is 21.7 Å². The topological polar surface area (TPSA) is 47.8 Å². The van der Waals surface area contributed by atoms with Crippen LogP contribution in [0.25, 0.3) is 0 Å². The molecule has 0 aliphatic carbocycles. The van der Waals surface area contributed by atoms with Crippen molar-refractivity contribution < 1.29 is 22.4 Å². The lowest BCUT2D eigenvalue weighted by Crippen LogP contribution is -2.15. The van der Waals surface area contributed by atoms with Gasteiger partial charge in [-0.3, -0.25) is 4.79 Å². The summed E-state index contributed by atoms with van der Waals surface area (Å²) in [6.07, 6.45) is -4.87. The van der Waals surface area contributed by atoms with Crippen LogP contribution in [-0.4, -0.2) is 20.8 Å². The van der Waals surface area contributed by atoms with E-state index in [1.165, 1.54) is 7.05 Å². The highest BCUT2D eigenvalue weighted by atomic mass is 79.9. The van der Waals surface area contributed by atoms with E-state index < -0.39 is 28.9 Å². The van der Waals surface area contributed by atoms with E-state index in [1.54, 1.807) is 0 Å². The summed E-state index contributed by atoms with van der Waals surface area (Å²) in [7, 11) is 1.37. The highest BCUT2D eigenvalue weighted by Crippen LogP contribution is 2.33. The molecule has 0 radical (unpaired) electrons. The molecule has 1 heterocycles. The number of rotatable bonds is 2. The number of halogens is 5. The van der Waals surface area contributed by atoms with Crippen LogP contribution < -0.4 is 0 Å². The SMILES string of the molecule is Cn1nnc(Br)c1C(=O)c1cccc(C(F)(F)F)c1F. The Labute approximate surface area is 118 Å². The van der Waals surface area contributed by atoms with Gasteiger partial charge in [0.15, 0.2) is 4.60 Å². The highest BCUT2D eigenvalue weighted by Gasteiger charge is 2.36. The lowest BCUT2D eigenvalue weighted by atomic mass is 10.0. The molecule has 0 amide bonds. The Hall–Kier alpha value is -1.77. The molecule has 0 spiro atoms. The van der Waals surface area contributed by atoms with Crippen LogP contribution in [0.4, 0.5) is 17.6 Å². The first kappa shape index (κ1) is 14.6. The van der Waals surface area contributed by atoms with E-state index in [0.717, 1.165) is 16.8 Å². The van der Waals surface area contributed by atoms with Gasteiger partial charge in [-0.05, 0) is 28.1 Å². The maximum absolute atomic E-state index is 13.9. The molecule has 2 rings (SSSR count). The summed E-state index contributed by atoms with van der Waals surface area (Å²) < 4.78 is 52.8. The van der Waals surface area contributed by atoms with Crippen molar-refractivity contribution in [3.05, 3.63) is 45.4 Å². The van der Waals surface area contributed by atoms with Gasteiger partial charge >= 0.3 is 6.18 Å². The maximum atomic E-state index is 13.9. The second-order valence-electron chi connectivity index (χ2n) is 3.85. The predicted octanol–water partition coefficient (Wildman–Crippen LogP) is 2.97. The number of hydrogen-bond donors (Lipinski definition) is 0. The Morgan fingerprint density at radius 2 is 2.00 bits per heavy atom. The van der Waals surface area contributed by atoms with Gasteiger partial charge in [-0.25, -0.2) is 9.07 Å². The van der Waals surface area contributed by atoms with Gasteiger partial charge in [0.05, 0.1) is 11.1 Å². The molecule has 106 valence electrons. The monoisotopic (exact) mass is 351 g/mol. The van der Waals surface area contributed by atoms with E-state index >= 15 is 0 Å². The summed E-state index contributed by atoms with van der Waals surface area (Å²) >= 11 is 2.94. The minimum atomic E-state index is -4.87. The third kappa shape index (κ3) is 2.45. The fraction of sp³-hybridized carbons (Fsp3) is 0.182. The molecule has 0 aliphatic heterocycles. The van der Waals surface area contributed by atoms with E-state index in [2.05, 4.69) is 26.2 Å². The van der Waals surface area contributed by atoms with Gasteiger partial charge < -0.3 is 0 Å². The molecule has 0 bridgehead atoms. The number of benzene rings is 1. The minimum absolute atomic E-state index is 0.0295. The molecule has 9 heteroatoms. The zero-order valence-corrected chi connectivity index (χ0v) is 11.5. The van der Waals surface area contributed by atoms with Crippen LogP contribution in [0.5, 0.6) is 0 Å². The predicted molar refractivity (Wildman–Crippen MR) is 63.5 cm³/mol. The van der Waals surface area contributed by atoms with E-state index in [-0.39, 0.29) is 10.3 Å². The molecule has 20 heavy (non-hydrogen) atoms. The third-order valence-electron chi connectivity index (χ3n) is 2.55. The molecule has 0 fully saturated rings. The molecule has 0 atom stereocenters. The number of carbonyl (C=O) groups excluding carboxylic acids is 1. The standard InChI is InChI=1S/C11H6BrF4N3O/c1-19-8(10(12)17-18-19)9(20)5-3-2-4-6(7(5)13)11(14,15)16/h2-4H,1H3. The largest absolute Gasteiger partial charge is 0.419 e. The van der Waals surface area contributed by atoms with Crippen LogP contribution in [-0.2, 0) is 13.2 Å². The Kier molecular flexibility index (Phi) is 3.63. The lowest BCUT2D eigenvalue weighted by molar-refractivity contribution is -0.140. The number of alkyl halides is 3. The summed E-state index contributed by atoms with van der Waals surface area (Å²) in [5, 5.41) is 7.05. The molecular weight excluding hydrogens is 346 g/mol. The van der Waals surface area contributed by atoms with Gasteiger partial charge in [0.2, 0.25) is 5.78 Å². The number of carbonyl (C=O) groups is 1. The molecular formula is C11H6BrF4N3O. The maximum Gasteiger partial charge on any atom is 0.419 e. The smallest absolute Gasteiger partial charge is 0.287 e. The Morgan fingerprint density at radius 3 is 2.50 bits per heavy atom. The third-order valence-corrected chi connectivity index (χ3v) is 3.08. The van der Waals surface area contributed by atoms with Crippen LogP contribution in [0.3, 0.4) is 0 Å². The number of ketones is 1. The first-order chi connectivity index (χ1) is 9.23. The molecule has 2 aromatic rings. The van der Waals surface area contributed by atoms with Crippen molar-refractivity contribution in [1.29, 1.82) is 0 Å². The highest BCUT2D eigenvalue weighted by molar-refractivity contribution is 9.10. The number of aromatic nitrogens is 3. The molecule has 1 aromatic carbocycles. The Morgan fingerprint density at radius 1 is 1.35 bits per heavy atom. The van der Waals surface area contributed by atoms with Gasteiger partial charge in [-0.2, -0.15) is 13.2 Å². The van der Waals surface area contributed by atoms with Crippen molar-refractivity contribution in [3.8, 4) is 0 Å². The summed E-state index contributed by atoms with van der Waals surface area (Å²) in [4.78, 5) is 12.1. The van der Waals surface area contributed by atoms with Gasteiger partial charge in [-0.15, -0.1) is 5.10 Å². The molecule has 0 saturated carbocycles. The van der Waals surface area contributed by atoms with Gasteiger partial charge in [0.25, 0.3) is 0 Å². The molecule has 4 nitrogen and oxygen atoms in total. The van der Waals surface area contributed by atoms with E-state index in [0.29, 0.717) is 6.07 Å². The fourth-order valence-electron chi connectivity index (χ4n) is 1.63. The quantitative estimate of drug-likeness (QED) is 0.617. The van der Waals surface area contributed by atoms with E-state index in [4.69, 9.17) is 0 Å². The second kappa shape index (κ2) is 4.97. The van der Waals surface area contributed by atoms with Gasteiger partial charge in [0.1, 0.15) is 11.5 Å². The number of nitrogens with zero attached hydrogens (tertiary/aromatic N) is 3. The summed E-state index contributed by atoms with van der Waals surface area (Å²) in [5.74, 6) is -2.55. The molecule has 0 saturated heterocycles. The van der Waals surface area contributed by atoms with Crippen LogP contribution in [0.1, 0.15) is 21.6 Å².